The molecule has 9 heteroatoms. The lowest BCUT2D eigenvalue weighted by atomic mass is 9.96. The first-order chi connectivity index (χ1) is 14.4. The standard InChI is InChI=1S/C21H19ClN4O4/c1-13-2-3-16(12-18(13)26(28)29)21(27)25-10-8-15(9-11-25)20-23-19(24-30-20)14-4-6-17(22)7-5-14/h2-7,12,15H,8-11H2,1H3. The van der Waals surface area contributed by atoms with E-state index in [1.54, 1.807) is 36.1 Å². The molecule has 8 nitrogen and oxygen atoms in total. The minimum atomic E-state index is -0.466. The normalized spacial score (nSPS) is 14.7. The lowest BCUT2D eigenvalue weighted by molar-refractivity contribution is -0.385. The summed E-state index contributed by atoms with van der Waals surface area (Å²) < 4.78 is 5.45. The molecule has 4 rings (SSSR count). The van der Waals surface area contributed by atoms with Gasteiger partial charge in [-0.25, -0.2) is 0 Å². The molecule has 154 valence electrons. The molecule has 1 aliphatic rings. The van der Waals surface area contributed by atoms with Gasteiger partial charge in [-0.15, -0.1) is 0 Å². The largest absolute Gasteiger partial charge is 0.339 e. The van der Waals surface area contributed by atoms with E-state index >= 15 is 0 Å². The number of aryl methyl sites for hydroxylation is 1. The number of halogens is 1. The zero-order valence-electron chi connectivity index (χ0n) is 16.2. The second kappa shape index (κ2) is 8.23. The van der Waals surface area contributed by atoms with Crippen LogP contribution in [0.15, 0.2) is 47.0 Å². The summed E-state index contributed by atoms with van der Waals surface area (Å²) in [5.41, 5.74) is 1.64. The van der Waals surface area contributed by atoms with Crippen LogP contribution in [0.2, 0.25) is 5.02 Å². The van der Waals surface area contributed by atoms with Crippen LogP contribution in [0, 0.1) is 17.0 Å². The molecule has 1 amide bonds. The number of carbonyl (C=O) groups excluding carboxylic acids is 1. The van der Waals surface area contributed by atoms with Crippen molar-refractivity contribution in [1.29, 1.82) is 0 Å². The molecule has 0 saturated carbocycles. The highest BCUT2D eigenvalue weighted by Gasteiger charge is 2.29. The first-order valence-electron chi connectivity index (χ1n) is 9.56. The lowest BCUT2D eigenvalue weighted by Crippen LogP contribution is -2.38. The van der Waals surface area contributed by atoms with Gasteiger partial charge in [0.05, 0.1) is 4.92 Å². The van der Waals surface area contributed by atoms with Crippen LogP contribution < -0.4 is 0 Å². The highest BCUT2D eigenvalue weighted by Crippen LogP contribution is 2.30. The minimum Gasteiger partial charge on any atom is -0.339 e. The SMILES string of the molecule is Cc1ccc(C(=O)N2CCC(c3nc(-c4ccc(Cl)cc4)no3)CC2)cc1[N+](=O)[O-]. The Balaban J connectivity index is 1.42. The van der Waals surface area contributed by atoms with E-state index < -0.39 is 4.92 Å². The van der Waals surface area contributed by atoms with Crippen LogP contribution in [0.5, 0.6) is 0 Å². The van der Waals surface area contributed by atoms with Gasteiger partial charge in [0, 0.05) is 46.8 Å². The van der Waals surface area contributed by atoms with E-state index in [9.17, 15) is 14.9 Å². The highest BCUT2D eigenvalue weighted by atomic mass is 35.5. The average molecular weight is 427 g/mol. The molecule has 0 N–H and O–H groups in total. The average Bonchev–Trinajstić information content (AvgIpc) is 3.24. The van der Waals surface area contributed by atoms with Gasteiger partial charge in [0.25, 0.3) is 11.6 Å². The molecule has 0 radical (unpaired) electrons. The summed E-state index contributed by atoms with van der Waals surface area (Å²) in [7, 11) is 0. The topological polar surface area (TPSA) is 102 Å². The Labute approximate surface area is 177 Å². The van der Waals surface area contributed by atoms with Gasteiger partial charge in [0.15, 0.2) is 0 Å². The predicted molar refractivity (Wildman–Crippen MR) is 110 cm³/mol. The molecule has 2 aromatic carbocycles. The number of carbonyl (C=O) groups is 1. The molecule has 1 aliphatic heterocycles. The third kappa shape index (κ3) is 4.04. The predicted octanol–water partition coefficient (Wildman–Crippen LogP) is 4.63. The van der Waals surface area contributed by atoms with Crippen LogP contribution in [0.1, 0.15) is 40.6 Å². The number of benzene rings is 2. The van der Waals surface area contributed by atoms with E-state index in [2.05, 4.69) is 10.1 Å². The van der Waals surface area contributed by atoms with Gasteiger partial charge in [-0.2, -0.15) is 4.98 Å². The van der Waals surface area contributed by atoms with Crippen molar-refractivity contribution in [2.75, 3.05) is 13.1 Å². The molecule has 2 heterocycles. The molecule has 0 atom stereocenters. The minimum absolute atomic E-state index is 0.0451. The summed E-state index contributed by atoms with van der Waals surface area (Å²) in [4.78, 5) is 29.7. The first kappa shape index (κ1) is 20.0. The molecule has 1 aromatic heterocycles. The second-order valence-corrected chi connectivity index (χ2v) is 7.72. The third-order valence-electron chi connectivity index (χ3n) is 5.33. The fourth-order valence-electron chi connectivity index (χ4n) is 3.57. The van der Waals surface area contributed by atoms with Gasteiger partial charge < -0.3 is 9.42 Å². The van der Waals surface area contributed by atoms with Crippen LogP contribution in [-0.4, -0.2) is 39.0 Å². The Morgan fingerprint density at radius 3 is 2.57 bits per heavy atom. The van der Waals surface area contributed by atoms with E-state index in [0.29, 0.717) is 53.8 Å². The Bertz CT molecular complexity index is 1090. The molecule has 0 bridgehead atoms. The number of nitrogens with zero attached hydrogens (tertiary/aromatic N) is 4. The summed E-state index contributed by atoms with van der Waals surface area (Å²) in [6.45, 7) is 2.69. The summed E-state index contributed by atoms with van der Waals surface area (Å²) in [6, 6.07) is 11.8. The zero-order valence-corrected chi connectivity index (χ0v) is 17.0. The number of nitro groups is 1. The van der Waals surface area contributed by atoms with Crippen LogP contribution in [-0.2, 0) is 0 Å². The van der Waals surface area contributed by atoms with Crippen molar-refractivity contribution in [3.63, 3.8) is 0 Å². The highest BCUT2D eigenvalue weighted by molar-refractivity contribution is 6.30. The molecule has 1 saturated heterocycles. The molecular formula is C21H19ClN4O4. The number of hydrogen-bond acceptors (Lipinski definition) is 6. The monoisotopic (exact) mass is 426 g/mol. The molecule has 3 aromatic rings. The van der Waals surface area contributed by atoms with Gasteiger partial charge in [0.2, 0.25) is 11.7 Å². The number of nitro benzene ring substituents is 1. The van der Waals surface area contributed by atoms with E-state index in [-0.39, 0.29) is 17.5 Å². The fourth-order valence-corrected chi connectivity index (χ4v) is 3.69. The molecular weight excluding hydrogens is 408 g/mol. The molecule has 1 fully saturated rings. The summed E-state index contributed by atoms with van der Waals surface area (Å²) in [5.74, 6) is 0.920. The summed E-state index contributed by atoms with van der Waals surface area (Å²) >= 11 is 5.91. The van der Waals surface area contributed by atoms with E-state index in [0.717, 1.165) is 5.56 Å². The Morgan fingerprint density at radius 2 is 1.90 bits per heavy atom. The van der Waals surface area contributed by atoms with E-state index in [4.69, 9.17) is 16.1 Å². The van der Waals surface area contributed by atoms with Crippen LogP contribution in [0.4, 0.5) is 5.69 Å². The lowest BCUT2D eigenvalue weighted by Gasteiger charge is -2.30. The quantitative estimate of drug-likeness (QED) is 0.445. The second-order valence-electron chi connectivity index (χ2n) is 7.29. The van der Waals surface area contributed by atoms with Gasteiger partial charge in [0.1, 0.15) is 0 Å². The number of rotatable bonds is 4. The molecule has 0 aliphatic carbocycles. The Kier molecular flexibility index (Phi) is 5.50. The van der Waals surface area contributed by atoms with Gasteiger partial charge in [-0.1, -0.05) is 22.8 Å². The maximum Gasteiger partial charge on any atom is 0.273 e. The van der Waals surface area contributed by atoms with Gasteiger partial charge in [-0.3, -0.25) is 14.9 Å². The van der Waals surface area contributed by atoms with Crippen LogP contribution in [0.3, 0.4) is 0 Å². The number of amides is 1. The number of aromatic nitrogens is 2. The van der Waals surface area contributed by atoms with Crippen molar-refractivity contribution in [1.82, 2.24) is 15.0 Å². The van der Waals surface area contributed by atoms with Crippen molar-refractivity contribution >= 4 is 23.2 Å². The summed E-state index contributed by atoms with van der Waals surface area (Å²) in [6.07, 6.45) is 1.36. The van der Waals surface area contributed by atoms with Crippen LogP contribution in [0.25, 0.3) is 11.4 Å². The van der Waals surface area contributed by atoms with Crippen molar-refractivity contribution in [3.8, 4) is 11.4 Å². The van der Waals surface area contributed by atoms with Gasteiger partial charge in [-0.05, 0) is 50.1 Å². The van der Waals surface area contributed by atoms with E-state index in [1.807, 2.05) is 12.1 Å². The number of piperidine rings is 1. The Morgan fingerprint density at radius 1 is 1.20 bits per heavy atom. The van der Waals surface area contributed by atoms with Crippen LogP contribution >= 0.6 is 11.6 Å². The molecule has 0 unspecified atom stereocenters. The maximum atomic E-state index is 12.8. The zero-order chi connectivity index (χ0) is 21.3. The maximum absolute atomic E-state index is 12.8. The first-order valence-corrected chi connectivity index (χ1v) is 9.94. The smallest absolute Gasteiger partial charge is 0.273 e. The Hall–Kier alpha value is -3.26. The van der Waals surface area contributed by atoms with Crippen molar-refractivity contribution in [2.45, 2.75) is 25.7 Å². The fraction of sp³-hybridized carbons (Fsp3) is 0.286. The van der Waals surface area contributed by atoms with Crippen molar-refractivity contribution in [3.05, 3.63) is 74.6 Å². The number of hydrogen-bond donors (Lipinski definition) is 0. The number of likely N-dealkylation sites (tertiary alicyclic amines) is 1. The summed E-state index contributed by atoms with van der Waals surface area (Å²) in [5, 5.41) is 15.8. The third-order valence-corrected chi connectivity index (χ3v) is 5.58. The van der Waals surface area contributed by atoms with Crippen molar-refractivity contribution in [2.24, 2.45) is 0 Å². The van der Waals surface area contributed by atoms with E-state index in [1.165, 1.54) is 6.07 Å². The van der Waals surface area contributed by atoms with Gasteiger partial charge >= 0.3 is 0 Å². The molecule has 30 heavy (non-hydrogen) atoms. The molecule has 0 spiro atoms. The van der Waals surface area contributed by atoms with Crippen molar-refractivity contribution < 1.29 is 14.2 Å².